The summed E-state index contributed by atoms with van der Waals surface area (Å²) < 4.78 is 6.91. The minimum Gasteiger partial charge on any atom is -0.462 e. The van der Waals surface area contributed by atoms with Gasteiger partial charge in [-0.3, -0.25) is 0 Å². The van der Waals surface area contributed by atoms with Gasteiger partial charge in [-0.25, -0.2) is 14.8 Å². The second-order valence-electron chi connectivity index (χ2n) is 20.7. The van der Waals surface area contributed by atoms with E-state index in [1.807, 2.05) is 24.3 Å². The van der Waals surface area contributed by atoms with Crippen LogP contribution in [0.25, 0.3) is 90.9 Å². The molecule has 0 fully saturated rings. The highest BCUT2D eigenvalue weighted by Gasteiger charge is 2.22. The SMILES string of the molecule is CC(C)(C)c1ccc(-c2c3nc(c(-c4ccc(C(=O)OCC[Si](C)(C)C)cc4)c4ccc([nH]4)c(-c4ccc(C(C)(C)C)cc4)c4nc(c(-c5ccc(I)cc5)c5ccc2[nH]5)C=C4)C=C3)cc1. The Bertz CT molecular complexity index is 3150. The fraction of sp³-hybridized carbons (Fsp3) is 0.224. The number of halogens is 1. The minimum atomic E-state index is -1.36. The van der Waals surface area contributed by atoms with Gasteiger partial charge in [-0.1, -0.05) is 134 Å². The maximum atomic E-state index is 13.2. The highest BCUT2D eigenvalue weighted by atomic mass is 127. The summed E-state index contributed by atoms with van der Waals surface area (Å²) in [7, 11) is -1.36. The third kappa shape index (κ3) is 9.44. The summed E-state index contributed by atoms with van der Waals surface area (Å²) >= 11 is 2.37. The predicted octanol–water partition coefficient (Wildman–Crippen LogP) is 16.0. The summed E-state index contributed by atoms with van der Waals surface area (Å²) in [5, 5.41) is 0. The molecule has 8 bridgehead atoms. The Kier molecular flexibility index (Phi) is 12.0. The van der Waals surface area contributed by atoms with Crippen molar-refractivity contribution < 1.29 is 9.53 Å². The molecule has 0 saturated carbocycles. The Morgan fingerprint density at radius 2 is 0.818 bits per heavy atom. The Hall–Kier alpha value is -6.10. The molecule has 2 N–H and O–H groups in total. The Morgan fingerprint density at radius 1 is 0.500 bits per heavy atom. The van der Waals surface area contributed by atoms with Crippen LogP contribution in [0, 0.1) is 3.57 Å². The molecule has 0 atom stereocenters. The van der Waals surface area contributed by atoms with Crippen molar-refractivity contribution in [2.45, 2.75) is 78.1 Å². The molecular formula is C58H57IN4O2Si. The molecule has 8 heteroatoms. The second kappa shape index (κ2) is 17.6. The molecule has 0 saturated heterocycles. The summed E-state index contributed by atoms with van der Waals surface area (Å²) in [5.41, 5.74) is 18.2. The Balaban J connectivity index is 1.35. The van der Waals surface area contributed by atoms with Crippen LogP contribution in [0.4, 0.5) is 0 Å². The number of carbonyl (C=O) groups excluding carboxylic acids is 1. The number of hydrogen-bond donors (Lipinski definition) is 2. The number of aromatic nitrogens is 4. The molecule has 0 radical (unpaired) electrons. The average molecular weight is 997 g/mol. The van der Waals surface area contributed by atoms with E-state index >= 15 is 0 Å². The Labute approximate surface area is 403 Å². The third-order valence-corrected chi connectivity index (χ3v) is 14.9. The number of rotatable bonds is 8. The maximum Gasteiger partial charge on any atom is 0.338 e. The third-order valence-electron chi connectivity index (χ3n) is 12.5. The number of benzene rings is 4. The minimum absolute atomic E-state index is 0.00392. The molecule has 2 aliphatic heterocycles. The van der Waals surface area contributed by atoms with Crippen LogP contribution < -0.4 is 0 Å². The molecule has 0 spiro atoms. The van der Waals surface area contributed by atoms with Gasteiger partial charge in [-0.05, 0) is 146 Å². The molecule has 7 aromatic rings. The van der Waals surface area contributed by atoms with E-state index in [4.69, 9.17) is 14.7 Å². The first-order valence-corrected chi connectivity index (χ1v) is 27.6. The number of aromatic amines is 2. The zero-order chi connectivity index (χ0) is 46.5. The molecule has 9 rings (SSSR count). The van der Waals surface area contributed by atoms with Gasteiger partial charge in [0.2, 0.25) is 0 Å². The number of carbonyl (C=O) groups is 1. The van der Waals surface area contributed by atoms with E-state index in [0.29, 0.717) is 12.2 Å². The quantitative estimate of drug-likeness (QED) is 0.0902. The van der Waals surface area contributed by atoms with Gasteiger partial charge in [0, 0.05) is 56.0 Å². The number of esters is 1. The smallest absolute Gasteiger partial charge is 0.338 e. The molecular weight excluding hydrogens is 940 g/mol. The van der Waals surface area contributed by atoms with Crippen molar-refractivity contribution in [1.29, 1.82) is 0 Å². The maximum absolute atomic E-state index is 13.2. The van der Waals surface area contributed by atoms with Gasteiger partial charge >= 0.3 is 5.97 Å². The molecule has 5 heterocycles. The fourth-order valence-corrected chi connectivity index (χ4v) is 9.69. The molecule has 6 nitrogen and oxygen atoms in total. The molecule has 0 aliphatic carbocycles. The number of H-pyrrole nitrogens is 2. The number of hydrogen-bond acceptors (Lipinski definition) is 4. The molecule has 4 aromatic carbocycles. The van der Waals surface area contributed by atoms with Gasteiger partial charge in [0.25, 0.3) is 0 Å². The predicted molar refractivity (Wildman–Crippen MR) is 289 cm³/mol. The van der Waals surface area contributed by atoms with Crippen molar-refractivity contribution in [2.75, 3.05) is 6.61 Å². The van der Waals surface area contributed by atoms with E-state index in [0.717, 1.165) is 95.4 Å². The van der Waals surface area contributed by atoms with Crippen molar-refractivity contribution in [1.82, 2.24) is 19.9 Å². The van der Waals surface area contributed by atoms with Crippen molar-refractivity contribution in [3.8, 4) is 44.5 Å². The molecule has 332 valence electrons. The van der Waals surface area contributed by atoms with Gasteiger partial charge in [-0.2, -0.15) is 0 Å². The van der Waals surface area contributed by atoms with Gasteiger partial charge in [0.05, 0.1) is 34.9 Å². The van der Waals surface area contributed by atoms with Crippen LogP contribution in [0.3, 0.4) is 0 Å². The van der Waals surface area contributed by atoms with Crippen molar-refractivity contribution in [2.24, 2.45) is 0 Å². The number of fused-ring (bicyclic) bond motifs is 8. The number of nitrogens with one attached hydrogen (secondary N) is 2. The Morgan fingerprint density at radius 3 is 1.14 bits per heavy atom. The largest absolute Gasteiger partial charge is 0.462 e. The lowest BCUT2D eigenvalue weighted by atomic mass is 9.86. The van der Waals surface area contributed by atoms with E-state index < -0.39 is 8.07 Å². The summed E-state index contributed by atoms with van der Waals surface area (Å²) in [6.07, 6.45) is 8.52. The lowest BCUT2D eigenvalue weighted by Gasteiger charge is -2.19. The zero-order valence-corrected chi connectivity index (χ0v) is 42.5. The normalized spacial score (nSPS) is 12.8. The van der Waals surface area contributed by atoms with Crippen molar-refractivity contribution in [3.63, 3.8) is 0 Å². The van der Waals surface area contributed by atoms with Crippen LogP contribution in [0.5, 0.6) is 0 Å². The van der Waals surface area contributed by atoms with Gasteiger partial charge < -0.3 is 14.7 Å². The lowest BCUT2D eigenvalue weighted by molar-refractivity contribution is 0.0525. The summed E-state index contributed by atoms with van der Waals surface area (Å²) in [4.78, 5) is 32.0. The van der Waals surface area contributed by atoms with E-state index in [9.17, 15) is 4.79 Å². The van der Waals surface area contributed by atoms with Gasteiger partial charge in [0.15, 0.2) is 0 Å². The average Bonchev–Trinajstić information content (AvgIpc) is 4.12. The first-order chi connectivity index (χ1) is 31.4. The van der Waals surface area contributed by atoms with Crippen LogP contribution in [-0.4, -0.2) is 40.6 Å². The van der Waals surface area contributed by atoms with Crippen molar-refractivity contribution >= 4 is 83.0 Å². The molecule has 0 unspecified atom stereocenters. The first kappa shape index (κ1) is 45.1. The van der Waals surface area contributed by atoms with E-state index in [1.54, 1.807) is 0 Å². The van der Waals surface area contributed by atoms with Crippen LogP contribution in [0.2, 0.25) is 25.7 Å². The van der Waals surface area contributed by atoms with Crippen molar-refractivity contribution in [3.05, 3.63) is 164 Å². The van der Waals surface area contributed by atoms with E-state index in [1.165, 1.54) is 14.7 Å². The number of ether oxygens (including phenoxy) is 1. The molecule has 3 aromatic heterocycles. The van der Waals surface area contributed by atoms with E-state index in [2.05, 4.69) is 215 Å². The number of nitrogens with zero attached hydrogens (tertiary/aromatic N) is 2. The standard InChI is InChI=1S/C58H57IN4O2Si/c1-57(2,3)41-20-14-37(15-21-41)53-46-28-26-44(60-46)52(36-10-12-40(13-11-36)56(64)65-34-35-66(7,8)9)45-27-29-47(61-45)54(38-16-22-42(23-17-38)58(4,5)6)49-31-33-51(63-49)55(50-32-30-48(53)62-50)39-18-24-43(59)25-19-39/h10-33,60,63H,34-35H2,1-9H3. The zero-order valence-electron chi connectivity index (χ0n) is 39.4. The first-order valence-electron chi connectivity index (χ1n) is 22.8. The van der Waals surface area contributed by atoms with Crippen LogP contribution in [0.15, 0.2) is 121 Å². The highest BCUT2D eigenvalue weighted by molar-refractivity contribution is 14.1. The van der Waals surface area contributed by atoms with Crippen LogP contribution >= 0.6 is 22.6 Å². The monoisotopic (exact) mass is 996 g/mol. The lowest BCUT2D eigenvalue weighted by Crippen LogP contribution is -2.22. The van der Waals surface area contributed by atoms with Crippen LogP contribution in [0.1, 0.15) is 85.8 Å². The fourth-order valence-electron chi connectivity index (χ4n) is 8.62. The molecule has 2 aliphatic rings. The topological polar surface area (TPSA) is 83.7 Å². The molecule has 66 heavy (non-hydrogen) atoms. The summed E-state index contributed by atoms with van der Waals surface area (Å²) in [5.74, 6) is -0.304. The highest BCUT2D eigenvalue weighted by Crippen LogP contribution is 2.39. The molecule has 0 amide bonds. The van der Waals surface area contributed by atoms with E-state index in [-0.39, 0.29) is 16.8 Å². The van der Waals surface area contributed by atoms with Gasteiger partial charge in [0.1, 0.15) is 0 Å². The summed E-state index contributed by atoms with van der Waals surface area (Å²) in [6.45, 7) is 20.7. The summed E-state index contributed by atoms with van der Waals surface area (Å²) in [6, 6.07) is 43.7. The second-order valence-corrected chi connectivity index (χ2v) is 27.6. The van der Waals surface area contributed by atoms with Gasteiger partial charge in [-0.15, -0.1) is 0 Å². The van der Waals surface area contributed by atoms with Crippen LogP contribution in [-0.2, 0) is 15.6 Å².